The molecule has 9 aromatic carbocycles. The summed E-state index contributed by atoms with van der Waals surface area (Å²) in [5.74, 6) is 4.16. The zero-order valence-electron chi connectivity index (χ0n) is 46.5. The number of nitrogens with zero attached hydrogens (tertiary/aromatic N) is 1. The first-order chi connectivity index (χ1) is 40.8. The van der Waals surface area contributed by atoms with Gasteiger partial charge in [-0.2, -0.15) is 0 Å². The van der Waals surface area contributed by atoms with Gasteiger partial charge in [0.1, 0.15) is 46.1 Å². The van der Waals surface area contributed by atoms with E-state index in [4.69, 9.17) is 83.8 Å². The molecule has 0 spiro atoms. The molecule has 9 nitrogen and oxygen atoms in total. The summed E-state index contributed by atoms with van der Waals surface area (Å²) in [5, 5.41) is 5.31. The van der Waals surface area contributed by atoms with Crippen LogP contribution in [0.5, 0.6) is 34.5 Å². The molecule has 85 heavy (non-hydrogen) atoms. The van der Waals surface area contributed by atoms with Crippen molar-refractivity contribution in [3.05, 3.63) is 274 Å². The number of carbonyl (C=O) groups excluding carboxylic acids is 2. The molecule has 3 heterocycles. The normalized spacial score (nSPS) is 11.1. The van der Waals surface area contributed by atoms with Gasteiger partial charge in [-0.15, -0.1) is 0 Å². The van der Waals surface area contributed by atoms with Crippen LogP contribution >= 0.6 is 69.6 Å². The number of ether oxygens (including phenoxy) is 3. The van der Waals surface area contributed by atoms with Gasteiger partial charge >= 0.3 is 0 Å². The number of Topliss-reactive ketones (excluding diaryl/α,β-unsaturated/α-hetero) is 2. The number of carbonyl (C=O) groups is 2. The molecule has 3 N–H and O–H groups in total. The van der Waals surface area contributed by atoms with Crippen LogP contribution in [0.4, 0.5) is 4.39 Å². The van der Waals surface area contributed by atoms with Crippen LogP contribution in [0, 0.1) is 40.4 Å². The van der Waals surface area contributed by atoms with Gasteiger partial charge in [0.05, 0.1) is 31.6 Å². The van der Waals surface area contributed by atoms with Gasteiger partial charge in [-0.3, -0.25) is 9.59 Å². The van der Waals surface area contributed by atoms with E-state index < -0.39 is 0 Å². The van der Waals surface area contributed by atoms with Gasteiger partial charge in [0, 0.05) is 67.7 Å². The molecule has 0 unspecified atom stereocenters. The summed E-state index contributed by atoms with van der Waals surface area (Å²) in [6.07, 6.45) is 4.98. The fraction of sp³-hybridized carbons (Fsp3) is 0.116. The first-order valence-corrected chi connectivity index (χ1v) is 29.1. The summed E-state index contributed by atoms with van der Waals surface area (Å²) < 4.78 is 31.2. The van der Waals surface area contributed by atoms with Crippen molar-refractivity contribution in [3.63, 3.8) is 0 Å². The second-order valence-electron chi connectivity index (χ2n) is 20.5. The molecule has 0 atom stereocenters. The largest absolute Gasteiger partial charge is 0.456 e. The summed E-state index contributed by atoms with van der Waals surface area (Å²) in [4.78, 5) is 40.1. The lowest BCUT2D eigenvalue weighted by molar-refractivity contribution is 0.0986. The molecule has 16 heteroatoms. The number of aromatic amines is 3. The van der Waals surface area contributed by atoms with Gasteiger partial charge in [0.2, 0.25) is 0 Å². The second-order valence-corrected chi connectivity index (χ2v) is 23.1. The van der Waals surface area contributed by atoms with E-state index in [9.17, 15) is 14.0 Å². The highest BCUT2D eigenvalue weighted by molar-refractivity contribution is 6.33. The van der Waals surface area contributed by atoms with Crippen LogP contribution in [0.15, 0.2) is 176 Å². The van der Waals surface area contributed by atoms with Crippen LogP contribution in [0.3, 0.4) is 0 Å². The Morgan fingerprint density at radius 3 is 1.45 bits per heavy atom. The molecule has 0 aliphatic heterocycles. The second kappa shape index (κ2) is 26.5. The molecule has 12 rings (SSSR count). The van der Waals surface area contributed by atoms with Crippen molar-refractivity contribution in [1.29, 1.82) is 0 Å². The number of imidazole rings is 1. The lowest BCUT2D eigenvalue weighted by Crippen LogP contribution is -2.05. The number of rotatable bonds is 14. The SMILES string of the molecule is Cc1cc(C(=O)Cc2ccc(Oc3ccc(Cl)cc3)c(Cl)c2)c2[nH]cc(C)c2c1.Cc1cc(C(=O)Cc2ccc(Oc3ccc(Cl)cc3)c(Cl)c2)c2nc(C)[nH]c2c1.Cc1cc(F)cc2c(Cc3ccc(Oc4ccc(Cl)cc4)c(Cl)c3)c[nH]c12. The number of hydrogen-bond acceptors (Lipinski definition) is 6. The average Bonchev–Trinajstić information content (AvgIpc) is 2.65. The average molecular weight is 1250 g/mol. The topological polar surface area (TPSA) is 122 Å². The van der Waals surface area contributed by atoms with Crippen molar-refractivity contribution in [2.45, 2.75) is 53.9 Å². The Bertz CT molecular complexity index is 4320. The molecular formula is C69H53Cl6FN4O5. The van der Waals surface area contributed by atoms with Crippen LogP contribution in [-0.2, 0) is 19.3 Å². The van der Waals surface area contributed by atoms with Gasteiger partial charge in [-0.1, -0.05) is 87.8 Å². The highest BCUT2D eigenvalue weighted by Crippen LogP contribution is 2.36. The number of ketones is 2. The van der Waals surface area contributed by atoms with Crippen LogP contribution < -0.4 is 14.2 Å². The minimum Gasteiger partial charge on any atom is -0.456 e. The fourth-order valence-corrected chi connectivity index (χ4v) is 10.9. The quantitative estimate of drug-likeness (QED) is 0.0933. The predicted octanol–water partition coefficient (Wildman–Crippen LogP) is 21.3. The van der Waals surface area contributed by atoms with Gasteiger partial charge in [-0.25, -0.2) is 9.37 Å². The van der Waals surface area contributed by atoms with E-state index >= 15 is 0 Å². The zero-order chi connectivity index (χ0) is 60.1. The number of hydrogen-bond donors (Lipinski definition) is 3. The van der Waals surface area contributed by atoms with E-state index in [2.05, 4.69) is 26.0 Å². The Morgan fingerprint density at radius 2 is 0.929 bits per heavy atom. The fourth-order valence-electron chi connectivity index (χ4n) is 9.78. The van der Waals surface area contributed by atoms with E-state index in [1.165, 1.54) is 6.07 Å². The van der Waals surface area contributed by atoms with Gasteiger partial charge in [0.25, 0.3) is 0 Å². The van der Waals surface area contributed by atoms with Crippen LogP contribution in [0.25, 0.3) is 32.8 Å². The maximum atomic E-state index is 13.8. The van der Waals surface area contributed by atoms with Crippen molar-refractivity contribution in [3.8, 4) is 34.5 Å². The highest BCUT2D eigenvalue weighted by atomic mass is 35.5. The lowest BCUT2D eigenvalue weighted by Gasteiger charge is -2.10. The number of H-pyrrole nitrogens is 3. The Kier molecular flexibility index (Phi) is 18.7. The zero-order valence-corrected chi connectivity index (χ0v) is 51.0. The minimum atomic E-state index is -0.231. The molecule has 0 radical (unpaired) electrons. The number of benzene rings is 9. The summed E-state index contributed by atoms with van der Waals surface area (Å²) in [5.41, 5.74) is 12.5. The first-order valence-electron chi connectivity index (χ1n) is 26.8. The molecule has 428 valence electrons. The minimum absolute atomic E-state index is 0.00682. The maximum Gasteiger partial charge on any atom is 0.169 e. The molecule has 0 aliphatic rings. The molecule has 0 aliphatic carbocycles. The van der Waals surface area contributed by atoms with E-state index in [1.54, 1.807) is 103 Å². The lowest BCUT2D eigenvalue weighted by atomic mass is 9.98. The van der Waals surface area contributed by atoms with E-state index in [0.29, 0.717) is 87.7 Å². The molecular weight excluding hydrogens is 1200 g/mol. The molecule has 12 aromatic rings. The Morgan fingerprint density at radius 1 is 0.471 bits per heavy atom. The third-order valence-electron chi connectivity index (χ3n) is 13.9. The molecule has 0 bridgehead atoms. The van der Waals surface area contributed by atoms with Crippen LogP contribution in [0.1, 0.15) is 71.0 Å². The number of nitrogens with one attached hydrogen (secondary N) is 3. The number of fused-ring (bicyclic) bond motifs is 3. The number of aryl methyl sites for hydroxylation is 5. The Hall–Kier alpha value is -8.06. The molecule has 0 saturated carbocycles. The molecule has 0 saturated heterocycles. The third-order valence-corrected chi connectivity index (χ3v) is 15.5. The molecule has 3 aromatic heterocycles. The van der Waals surface area contributed by atoms with Crippen molar-refractivity contribution in [2.24, 2.45) is 0 Å². The predicted molar refractivity (Wildman–Crippen MR) is 344 cm³/mol. The van der Waals surface area contributed by atoms with E-state index in [0.717, 1.165) is 77.7 Å². The standard InChI is InChI=1S/C24H19Cl2NO2.C23H18Cl2N2O2.C22H16Cl2FNO/c1-14-9-19-15(2)13-27-24(19)20(10-14)22(28)12-16-3-8-23(21(26)11-16)29-18-6-4-17(25)5-7-18;1-13-9-18(23-20(10-13)26-14(2)27-23)21(28)12-15-3-8-22(19(25)11-15)29-17-6-4-16(24)5-7-17;1-13-8-17(25)11-19-15(12-26-22(13)19)9-14-2-7-21(20(24)10-14)27-18-5-3-16(23)4-6-18/h3-11,13,27H,12H2,1-2H3;3-11H,12H2,1-2H3,(H,26,27);2-8,10-12,26H,9H2,1H3. The summed E-state index contributed by atoms with van der Waals surface area (Å²) in [6, 6.07) is 48.6. The Balaban J connectivity index is 0.000000142. The molecule has 0 fully saturated rings. The van der Waals surface area contributed by atoms with Crippen molar-refractivity contribution < 1.29 is 28.2 Å². The van der Waals surface area contributed by atoms with Gasteiger partial charge in [0.15, 0.2) is 11.6 Å². The van der Waals surface area contributed by atoms with Crippen molar-refractivity contribution in [2.75, 3.05) is 0 Å². The monoisotopic (exact) mass is 1250 g/mol. The van der Waals surface area contributed by atoms with E-state index in [-0.39, 0.29) is 30.2 Å². The van der Waals surface area contributed by atoms with Gasteiger partial charge in [-0.05, 0) is 231 Å². The smallest absolute Gasteiger partial charge is 0.169 e. The van der Waals surface area contributed by atoms with Crippen LogP contribution in [-0.4, -0.2) is 31.5 Å². The van der Waals surface area contributed by atoms with Crippen LogP contribution in [0.2, 0.25) is 30.1 Å². The highest BCUT2D eigenvalue weighted by Gasteiger charge is 2.19. The van der Waals surface area contributed by atoms with E-state index in [1.807, 2.05) is 95.5 Å². The summed E-state index contributed by atoms with van der Waals surface area (Å²) in [6.45, 7) is 9.77. The first kappa shape index (κ1) is 60.1. The van der Waals surface area contributed by atoms with Gasteiger partial charge < -0.3 is 29.2 Å². The van der Waals surface area contributed by atoms with Crippen molar-refractivity contribution in [1.82, 2.24) is 19.9 Å². The molecule has 0 amide bonds. The maximum absolute atomic E-state index is 13.8. The summed E-state index contributed by atoms with van der Waals surface area (Å²) in [7, 11) is 0. The van der Waals surface area contributed by atoms with Crippen molar-refractivity contribution >= 4 is 114 Å². The number of halogens is 7. The summed E-state index contributed by atoms with van der Waals surface area (Å²) >= 11 is 36.9. The number of aromatic nitrogens is 4. The Labute approximate surface area is 520 Å². The third kappa shape index (κ3) is 14.9.